The van der Waals surface area contributed by atoms with Gasteiger partial charge in [0.05, 0.1) is 0 Å². The Morgan fingerprint density at radius 3 is 2.60 bits per heavy atom. The quantitative estimate of drug-likeness (QED) is 0.377. The van der Waals surface area contributed by atoms with Crippen molar-refractivity contribution in [3.05, 3.63) is 23.4 Å². The Balaban J connectivity index is 1.65. The minimum absolute atomic E-state index is 0.168. The van der Waals surface area contributed by atoms with Gasteiger partial charge < -0.3 is 19.9 Å². The second kappa shape index (κ2) is 9.78. The van der Waals surface area contributed by atoms with Gasteiger partial charge in [-0.15, -0.1) is 11.8 Å². The summed E-state index contributed by atoms with van der Waals surface area (Å²) >= 11 is 1.27. The molecule has 0 radical (unpaired) electrons. The average molecular weight is 446 g/mol. The second-order valence-corrected chi connectivity index (χ2v) is 8.33. The first-order chi connectivity index (χ1) is 14.3. The lowest BCUT2D eigenvalue weighted by Gasteiger charge is -2.48. The summed E-state index contributed by atoms with van der Waals surface area (Å²) in [5.74, 6) is -1.27. The summed E-state index contributed by atoms with van der Waals surface area (Å²) in [7, 11) is 0. The smallest absolute Gasteiger partial charge is 0.431 e. The number of fused-ring (bicyclic) bond motifs is 1. The first-order valence-electron chi connectivity index (χ1n) is 9.76. The van der Waals surface area contributed by atoms with Crippen LogP contribution in [0.3, 0.4) is 0 Å². The molecule has 0 aromatic rings. The van der Waals surface area contributed by atoms with E-state index in [1.807, 2.05) is 0 Å². The Hall–Kier alpha value is -2.14. The van der Waals surface area contributed by atoms with Crippen molar-refractivity contribution in [1.82, 2.24) is 4.90 Å². The van der Waals surface area contributed by atoms with Crippen LogP contribution in [0.5, 0.6) is 0 Å². The van der Waals surface area contributed by atoms with E-state index in [-0.39, 0.29) is 23.1 Å². The number of carbonyl (C=O) groups is 3. The summed E-state index contributed by atoms with van der Waals surface area (Å²) in [6.45, 7) is 1.33. The van der Waals surface area contributed by atoms with Crippen LogP contribution in [0, 0.1) is 0 Å². The fourth-order valence-electron chi connectivity index (χ4n) is 3.56. The third-order valence-electron chi connectivity index (χ3n) is 5.03. The molecule has 2 N–H and O–H groups in total. The Labute approximate surface area is 176 Å². The highest BCUT2D eigenvalue weighted by molar-refractivity contribution is 8.00. The number of halogens is 2. The number of thioether (sulfide) groups is 1. The van der Waals surface area contributed by atoms with Crippen LogP contribution in [-0.4, -0.2) is 58.9 Å². The summed E-state index contributed by atoms with van der Waals surface area (Å²) < 4.78 is 40.5. The van der Waals surface area contributed by atoms with Gasteiger partial charge in [0, 0.05) is 12.7 Å². The molecule has 1 saturated carbocycles. The monoisotopic (exact) mass is 446 g/mol. The fourth-order valence-corrected chi connectivity index (χ4v) is 4.82. The van der Waals surface area contributed by atoms with Gasteiger partial charge in [-0.05, 0) is 37.3 Å². The maximum absolute atomic E-state index is 12.7. The van der Waals surface area contributed by atoms with Crippen LogP contribution in [0.15, 0.2) is 23.4 Å². The molecule has 8 nitrogen and oxygen atoms in total. The van der Waals surface area contributed by atoms with E-state index in [2.05, 4.69) is 0 Å². The highest BCUT2D eigenvalue weighted by Gasteiger charge is 2.52. The number of allylic oxidation sites excluding steroid dienone is 2. The third kappa shape index (κ3) is 5.12. The van der Waals surface area contributed by atoms with Crippen LogP contribution in [0.25, 0.3) is 0 Å². The molecule has 3 rings (SSSR count). The number of ether oxygens (including phenoxy) is 3. The molecule has 0 aromatic carbocycles. The Morgan fingerprint density at radius 1 is 1.23 bits per heavy atom. The predicted octanol–water partition coefficient (Wildman–Crippen LogP) is 2.68. The molecule has 166 valence electrons. The van der Waals surface area contributed by atoms with E-state index in [1.165, 1.54) is 18.7 Å². The van der Waals surface area contributed by atoms with Gasteiger partial charge in [0.1, 0.15) is 23.2 Å². The van der Waals surface area contributed by atoms with Gasteiger partial charge in [-0.1, -0.05) is 12.5 Å². The number of rotatable bonds is 6. The van der Waals surface area contributed by atoms with E-state index in [1.54, 1.807) is 0 Å². The summed E-state index contributed by atoms with van der Waals surface area (Å²) in [6.07, 6.45) is 1.07. The number of hydrogen-bond acceptors (Lipinski definition) is 8. The zero-order valence-electron chi connectivity index (χ0n) is 16.4. The molecule has 11 heteroatoms. The lowest BCUT2D eigenvalue weighted by Crippen LogP contribution is -2.68. The van der Waals surface area contributed by atoms with Crippen molar-refractivity contribution in [3.8, 4) is 0 Å². The molecule has 0 spiro atoms. The highest BCUT2D eigenvalue weighted by Crippen LogP contribution is 2.40. The van der Waals surface area contributed by atoms with Crippen molar-refractivity contribution in [1.29, 1.82) is 0 Å². The summed E-state index contributed by atoms with van der Waals surface area (Å²) in [4.78, 5) is 37.9. The van der Waals surface area contributed by atoms with Crippen LogP contribution in [0.2, 0.25) is 0 Å². The Kier molecular flexibility index (Phi) is 7.35. The minimum Gasteiger partial charge on any atom is -0.431 e. The molecule has 1 amide bonds. The van der Waals surface area contributed by atoms with Gasteiger partial charge in [-0.25, -0.2) is 18.4 Å². The summed E-state index contributed by atoms with van der Waals surface area (Å²) in [5.41, 5.74) is 5.79. The number of esters is 1. The maximum atomic E-state index is 12.7. The van der Waals surface area contributed by atoms with Crippen molar-refractivity contribution in [2.75, 3.05) is 5.75 Å². The molecule has 2 heterocycles. The second-order valence-electron chi connectivity index (χ2n) is 7.22. The number of carbonyl (C=O) groups excluding carboxylic acids is 3. The van der Waals surface area contributed by atoms with Gasteiger partial charge in [-0.3, -0.25) is 9.69 Å². The molecule has 2 fully saturated rings. The van der Waals surface area contributed by atoms with Crippen molar-refractivity contribution in [2.24, 2.45) is 5.73 Å². The van der Waals surface area contributed by atoms with Crippen molar-refractivity contribution < 1.29 is 37.4 Å². The molecule has 0 bridgehead atoms. The molecule has 3 aliphatic rings. The average Bonchev–Trinajstić information content (AvgIpc) is 2.71. The first kappa shape index (κ1) is 22.5. The maximum Gasteiger partial charge on any atom is 0.511 e. The van der Waals surface area contributed by atoms with Crippen molar-refractivity contribution in [2.45, 2.75) is 69.3 Å². The third-order valence-corrected chi connectivity index (χ3v) is 6.35. The van der Waals surface area contributed by atoms with Gasteiger partial charge in [0.25, 0.3) is 6.43 Å². The minimum atomic E-state index is -2.72. The normalized spacial score (nSPS) is 25.8. The molecule has 30 heavy (non-hydrogen) atoms. The topological polar surface area (TPSA) is 108 Å². The summed E-state index contributed by atoms with van der Waals surface area (Å²) in [6, 6.07) is -0.780. The zero-order chi connectivity index (χ0) is 21.8. The van der Waals surface area contributed by atoms with Crippen molar-refractivity contribution in [3.63, 3.8) is 0 Å². The van der Waals surface area contributed by atoms with Gasteiger partial charge in [-0.2, -0.15) is 0 Å². The lowest BCUT2D eigenvalue weighted by atomic mass is 9.98. The van der Waals surface area contributed by atoms with Crippen LogP contribution >= 0.6 is 11.8 Å². The SMILES string of the molecule is CC(OC(=O)OC1CCCCC1)OC(=O)C1=C(/C=C/C(F)F)CS[C@@H]2[C@H](N)C(=O)N12. The first-order valence-corrected chi connectivity index (χ1v) is 10.8. The molecule has 1 unspecified atom stereocenters. The van der Waals surface area contributed by atoms with Crippen LogP contribution in [0.4, 0.5) is 13.6 Å². The Morgan fingerprint density at radius 2 is 1.93 bits per heavy atom. The van der Waals surface area contributed by atoms with Crippen LogP contribution in [-0.2, 0) is 23.8 Å². The predicted molar refractivity (Wildman–Crippen MR) is 103 cm³/mol. The van der Waals surface area contributed by atoms with Gasteiger partial charge in [0.2, 0.25) is 12.2 Å². The number of nitrogens with two attached hydrogens (primary N) is 1. The number of hydrogen-bond donors (Lipinski definition) is 1. The van der Waals surface area contributed by atoms with Gasteiger partial charge >= 0.3 is 12.1 Å². The summed E-state index contributed by atoms with van der Waals surface area (Å²) in [5, 5.41) is -0.476. The number of β-lactam (4-membered cyclic amide) rings is 1. The lowest BCUT2D eigenvalue weighted by molar-refractivity contribution is -0.169. The standard InChI is InChI=1S/C19H24F2N2O6S/c1-10(28-19(26)29-12-5-3-2-4-6-12)27-18(25)15-11(7-8-13(20)21)9-30-17-14(22)16(24)23(15)17/h7-8,10,12-14,17H,2-6,9,22H2,1H3/b8-7+/t10?,14-,17-/m1/s1. The van der Waals surface area contributed by atoms with E-state index in [9.17, 15) is 23.2 Å². The number of nitrogens with zero attached hydrogens (tertiary/aromatic N) is 1. The number of amides is 1. The zero-order valence-corrected chi connectivity index (χ0v) is 17.2. The molecule has 3 atom stereocenters. The molecule has 1 aliphatic carbocycles. The fraction of sp³-hybridized carbons (Fsp3) is 0.632. The van der Waals surface area contributed by atoms with Gasteiger partial charge in [0.15, 0.2) is 0 Å². The largest absolute Gasteiger partial charge is 0.511 e. The van der Waals surface area contributed by atoms with E-state index in [0.29, 0.717) is 6.08 Å². The molecule has 2 aliphatic heterocycles. The molecule has 0 aromatic heterocycles. The molecular weight excluding hydrogens is 422 g/mol. The van der Waals surface area contributed by atoms with E-state index >= 15 is 0 Å². The van der Waals surface area contributed by atoms with Crippen LogP contribution in [0.1, 0.15) is 39.0 Å². The Bertz CT molecular complexity index is 753. The van der Waals surface area contributed by atoms with Crippen molar-refractivity contribution >= 4 is 29.8 Å². The van der Waals surface area contributed by atoms with E-state index in [0.717, 1.165) is 43.1 Å². The van der Waals surface area contributed by atoms with E-state index in [4.69, 9.17) is 19.9 Å². The molecule has 1 saturated heterocycles. The van der Waals surface area contributed by atoms with E-state index < -0.39 is 42.2 Å². The van der Waals surface area contributed by atoms with Crippen LogP contribution < -0.4 is 5.73 Å². The number of alkyl halides is 2. The highest BCUT2D eigenvalue weighted by atomic mass is 32.2. The molecular formula is C19H24F2N2O6S.